The number of methoxy groups -OCH3 is 2. The number of thioether (sulfide) groups is 1. The first-order chi connectivity index (χ1) is 13.9. The quantitative estimate of drug-likeness (QED) is 0.470. The van der Waals surface area contributed by atoms with Crippen molar-refractivity contribution >= 4 is 46.2 Å². The van der Waals surface area contributed by atoms with Gasteiger partial charge in [0, 0.05) is 0 Å². The van der Waals surface area contributed by atoms with Crippen molar-refractivity contribution in [1.82, 2.24) is 15.3 Å². The number of nitrogens with zero attached hydrogens (tertiary/aromatic N) is 2. The highest BCUT2D eigenvalue weighted by atomic mass is 32.2. The molecule has 2 amide bonds. The van der Waals surface area contributed by atoms with Crippen molar-refractivity contribution in [3.63, 3.8) is 0 Å². The van der Waals surface area contributed by atoms with Crippen molar-refractivity contribution in [2.24, 2.45) is 0 Å². The third kappa shape index (κ3) is 5.27. The summed E-state index contributed by atoms with van der Waals surface area (Å²) in [4.78, 5) is 28.4. The number of quaternary nitrogens is 1. The lowest BCUT2D eigenvalue weighted by Crippen LogP contribution is -3.12. The predicted molar refractivity (Wildman–Crippen MR) is 116 cm³/mol. The number of amides is 2. The van der Waals surface area contributed by atoms with Gasteiger partial charge >= 0.3 is 0 Å². The van der Waals surface area contributed by atoms with Gasteiger partial charge in [-0.3, -0.25) is 19.9 Å². The second kappa shape index (κ2) is 9.57. The number of likely N-dealkylation sites (N-methyl/N-ethyl adjacent to an activating group) is 1. The van der Waals surface area contributed by atoms with Crippen LogP contribution in [0.4, 0.5) is 0 Å². The van der Waals surface area contributed by atoms with Gasteiger partial charge in [0.05, 0.1) is 52.4 Å². The van der Waals surface area contributed by atoms with Gasteiger partial charge in [-0.25, -0.2) is 5.01 Å². The fourth-order valence-electron chi connectivity index (χ4n) is 3.09. The molecule has 0 unspecified atom stereocenters. The molecular formula is C19H25N4O4S2+. The average molecular weight is 438 g/mol. The van der Waals surface area contributed by atoms with Gasteiger partial charge in [-0.05, 0) is 23.8 Å². The normalized spacial score (nSPS) is 19.7. The van der Waals surface area contributed by atoms with E-state index in [1.807, 2.05) is 11.1 Å². The molecule has 2 heterocycles. The Morgan fingerprint density at radius 3 is 2.62 bits per heavy atom. The summed E-state index contributed by atoms with van der Waals surface area (Å²) in [5, 5.41) is 1.90. The van der Waals surface area contributed by atoms with E-state index in [1.54, 1.807) is 32.4 Å². The first-order valence-electron chi connectivity index (χ1n) is 9.24. The van der Waals surface area contributed by atoms with Crippen LogP contribution >= 0.6 is 24.0 Å². The lowest BCUT2D eigenvalue weighted by atomic mass is 10.2. The number of nitrogens with one attached hydrogen (secondary N) is 2. The Labute approximate surface area is 179 Å². The van der Waals surface area contributed by atoms with E-state index in [4.69, 9.17) is 21.7 Å². The van der Waals surface area contributed by atoms with Crippen LogP contribution in [-0.4, -0.2) is 80.0 Å². The van der Waals surface area contributed by atoms with Gasteiger partial charge in [-0.1, -0.05) is 30.0 Å². The third-order valence-electron chi connectivity index (χ3n) is 4.78. The maximum absolute atomic E-state index is 12.8. The summed E-state index contributed by atoms with van der Waals surface area (Å²) in [6, 6.07) is 5.39. The number of ether oxygens (including phenoxy) is 2. The summed E-state index contributed by atoms with van der Waals surface area (Å²) in [6.07, 6.45) is 1.74. The van der Waals surface area contributed by atoms with Crippen molar-refractivity contribution in [3.05, 3.63) is 28.7 Å². The summed E-state index contributed by atoms with van der Waals surface area (Å²) in [5.41, 5.74) is 3.65. The molecule has 2 saturated heterocycles. The molecule has 0 atom stereocenters. The van der Waals surface area contributed by atoms with Crippen LogP contribution in [0, 0.1) is 0 Å². The van der Waals surface area contributed by atoms with Gasteiger partial charge in [-0.2, -0.15) is 0 Å². The van der Waals surface area contributed by atoms with Crippen LogP contribution < -0.4 is 19.8 Å². The van der Waals surface area contributed by atoms with E-state index in [-0.39, 0.29) is 18.4 Å². The minimum atomic E-state index is -0.271. The number of hydrogen-bond donors (Lipinski definition) is 2. The first-order valence-corrected chi connectivity index (χ1v) is 10.5. The zero-order chi connectivity index (χ0) is 21.0. The molecule has 0 saturated carbocycles. The Kier molecular flexibility index (Phi) is 7.12. The maximum Gasteiger partial charge on any atom is 0.266 e. The van der Waals surface area contributed by atoms with Crippen molar-refractivity contribution in [2.45, 2.75) is 0 Å². The highest BCUT2D eigenvalue weighted by molar-refractivity contribution is 8.26. The molecule has 2 aliphatic heterocycles. The SMILES string of the molecule is COc1ccc(/C=C2\SC(=S)N(CC(=O)NN3CC[NH+](C)CC3)C2=O)cc1OC. The van der Waals surface area contributed by atoms with Crippen LogP contribution in [0.5, 0.6) is 11.5 Å². The second-order valence-corrected chi connectivity index (χ2v) is 8.54. The molecule has 0 radical (unpaired) electrons. The standard InChI is InChI=1S/C19H24N4O4S2/c1-21-6-8-22(9-7-21)20-17(24)12-23-18(25)16(29-19(23)28)11-13-4-5-14(26-2)15(10-13)27-3/h4-5,10-11H,6-9,12H2,1-3H3,(H,20,24)/p+1/b16-11-. The van der Waals surface area contributed by atoms with Crippen molar-refractivity contribution < 1.29 is 24.0 Å². The number of rotatable bonds is 6. The number of piperazine rings is 1. The molecule has 10 heteroatoms. The molecule has 3 rings (SSSR count). The van der Waals surface area contributed by atoms with Crippen LogP contribution in [0.3, 0.4) is 0 Å². The van der Waals surface area contributed by atoms with Crippen LogP contribution in [-0.2, 0) is 9.59 Å². The average Bonchev–Trinajstić information content (AvgIpc) is 2.97. The Bertz CT molecular complexity index is 837. The maximum atomic E-state index is 12.8. The van der Waals surface area contributed by atoms with E-state index in [9.17, 15) is 9.59 Å². The van der Waals surface area contributed by atoms with Gasteiger partial charge in [0.25, 0.3) is 11.8 Å². The fraction of sp³-hybridized carbons (Fsp3) is 0.421. The van der Waals surface area contributed by atoms with Gasteiger partial charge in [0.1, 0.15) is 10.9 Å². The molecule has 2 N–H and O–H groups in total. The lowest BCUT2D eigenvalue weighted by Gasteiger charge is -2.30. The second-order valence-electron chi connectivity index (χ2n) is 6.86. The van der Waals surface area contributed by atoms with Gasteiger partial charge < -0.3 is 14.4 Å². The fourth-order valence-corrected chi connectivity index (χ4v) is 4.34. The van der Waals surface area contributed by atoms with E-state index in [0.29, 0.717) is 20.7 Å². The van der Waals surface area contributed by atoms with Gasteiger partial charge in [-0.15, -0.1) is 0 Å². The highest BCUT2D eigenvalue weighted by Crippen LogP contribution is 2.34. The Balaban J connectivity index is 1.64. The van der Waals surface area contributed by atoms with Crippen LogP contribution in [0.15, 0.2) is 23.1 Å². The monoisotopic (exact) mass is 437 g/mol. The van der Waals surface area contributed by atoms with Crippen molar-refractivity contribution in [2.75, 3.05) is 54.0 Å². The molecule has 29 heavy (non-hydrogen) atoms. The smallest absolute Gasteiger partial charge is 0.266 e. The van der Waals surface area contributed by atoms with Crippen LogP contribution in [0.25, 0.3) is 6.08 Å². The molecule has 2 fully saturated rings. The van der Waals surface area contributed by atoms with E-state index < -0.39 is 0 Å². The van der Waals surface area contributed by atoms with Crippen molar-refractivity contribution in [1.29, 1.82) is 0 Å². The molecule has 2 aliphatic rings. The zero-order valence-corrected chi connectivity index (χ0v) is 18.3. The molecule has 1 aromatic rings. The van der Waals surface area contributed by atoms with Gasteiger partial charge in [0.2, 0.25) is 0 Å². The van der Waals surface area contributed by atoms with E-state index >= 15 is 0 Å². The van der Waals surface area contributed by atoms with E-state index in [1.165, 1.54) is 21.6 Å². The molecule has 156 valence electrons. The zero-order valence-electron chi connectivity index (χ0n) is 16.7. The minimum absolute atomic E-state index is 0.0901. The first kappa shape index (κ1) is 21.6. The topological polar surface area (TPSA) is 75.5 Å². The molecule has 8 nitrogen and oxygen atoms in total. The number of benzene rings is 1. The number of carbonyl (C=O) groups excluding carboxylic acids is 2. The molecule has 1 aromatic carbocycles. The molecule has 0 bridgehead atoms. The summed E-state index contributed by atoms with van der Waals surface area (Å²) < 4.78 is 10.9. The summed E-state index contributed by atoms with van der Waals surface area (Å²) >= 11 is 6.51. The predicted octanol–water partition coefficient (Wildman–Crippen LogP) is -0.233. The molecule has 0 aromatic heterocycles. The third-order valence-corrected chi connectivity index (χ3v) is 6.16. The number of hydrogen-bond acceptors (Lipinski definition) is 7. The summed E-state index contributed by atoms with van der Waals surface area (Å²) in [7, 11) is 5.25. The largest absolute Gasteiger partial charge is 0.493 e. The summed E-state index contributed by atoms with van der Waals surface area (Å²) in [5.74, 6) is 0.672. The van der Waals surface area contributed by atoms with E-state index in [0.717, 1.165) is 31.7 Å². The Morgan fingerprint density at radius 1 is 1.28 bits per heavy atom. The Morgan fingerprint density at radius 2 is 1.97 bits per heavy atom. The summed E-state index contributed by atoms with van der Waals surface area (Å²) in [6.45, 7) is 3.42. The van der Waals surface area contributed by atoms with Crippen LogP contribution in [0.2, 0.25) is 0 Å². The number of hydrazine groups is 1. The highest BCUT2D eigenvalue weighted by Gasteiger charge is 2.34. The van der Waals surface area contributed by atoms with Gasteiger partial charge in [0.15, 0.2) is 11.5 Å². The van der Waals surface area contributed by atoms with Crippen LogP contribution in [0.1, 0.15) is 5.56 Å². The number of thiocarbonyl (C=S) groups is 1. The molecular weight excluding hydrogens is 412 g/mol. The minimum Gasteiger partial charge on any atom is -0.493 e. The molecule has 0 spiro atoms. The lowest BCUT2D eigenvalue weighted by molar-refractivity contribution is -0.884. The van der Waals surface area contributed by atoms with E-state index in [2.05, 4.69) is 12.5 Å². The van der Waals surface area contributed by atoms with Crippen molar-refractivity contribution in [3.8, 4) is 11.5 Å². The number of carbonyl (C=O) groups is 2. The molecule has 0 aliphatic carbocycles. The Hall–Kier alpha value is -2.14.